The number of hydrogen-bond donors (Lipinski definition) is 4. The summed E-state index contributed by atoms with van der Waals surface area (Å²) < 4.78 is 0. The van der Waals surface area contributed by atoms with Crippen molar-refractivity contribution in [3.63, 3.8) is 0 Å². The summed E-state index contributed by atoms with van der Waals surface area (Å²) in [6.45, 7) is 0.158. The summed E-state index contributed by atoms with van der Waals surface area (Å²) in [5, 5.41) is 2.31. The van der Waals surface area contributed by atoms with Gasteiger partial charge in [0.15, 0.2) is 5.11 Å². The quantitative estimate of drug-likeness (QED) is 0.224. The molecule has 5 nitrogen and oxygen atoms in total. The predicted octanol–water partition coefficient (Wildman–Crippen LogP) is -1.33. The maximum absolute atomic E-state index is 10.6. The predicted molar refractivity (Wildman–Crippen MR) is 45.3 cm³/mol. The van der Waals surface area contributed by atoms with Crippen LogP contribution in [-0.2, 0) is 0 Å². The van der Waals surface area contributed by atoms with Crippen LogP contribution in [0.1, 0.15) is 0 Å². The Morgan fingerprint density at radius 1 is 1.64 bits per heavy atom. The van der Waals surface area contributed by atoms with Crippen LogP contribution < -0.4 is 21.9 Å². The second-order valence-corrected chi connectivity index (χ2v) is 1.94. The number of urea groups is 1. The fraction of sp³-hybridized carbons (Fsp3) is 0.200. The van der Waals surface area contributed by atoms with E-state index in [9.17, 15) is 4.79 Å². The molecule has 0 bridgehead atoms. The lowest BCUT2D eigenvalue weighted by Gasteiger charge is -2.05. The Balaban J connectivity index is 3.39. The van der Waals surface area contributed by atoms with E-state index in [0.29, 0.717) is 0 Å². The van der Waals surface area contributed by atoms with Crippen LogP contribution in [0, 0.1) is 12.3 Å². The van der Waals surface area contributed by atoms with Crippen molar-refractivity contribution in [3.8, 4) is 12.3 Å². The van der Waals surface area contributed by atoms with Crippen LogP contribution in [-0.4, -0.2) is 17.7 Å². The van der Waals surface area contributed by atoms with Crippen molar-refractivity contribution in [1.29, 1.82) is 0 Å². The number of carbonyl (C=O) groups is 1. The van der Waals surface area contributed by atoms with E-state index in [1.807, 2.05) is 0 Å². The van der Waals surface area contributed by atoms with Crippen LogP contribution in [0.25, 0.3) is 0 Å². The van der Waals surface area contributed by atoms with Gasteiger partial charge in [0.05, 0.1) is 6.54 Å². The van der Waals surface area contributed by atoms with Crippen LogP contribution in [0.2, 0.25) is 0 Å². The summed E-state index contributed by atoms with van der Waals surface area (Å²) in [6, 6.07) is -0.476. The molecule has 60 valence electrons. The largest absolute Gasteiger partial charge is 0.375 e. The summed E-state index contributed by atoms with van der Waals surface area (Å²) in [5.74, 6) is 2.22. The van der Waals surface area contributed by atoms with Crippen molar-refractivity contribution in [2.24, 2.45) is 5.73 Å². The van der Waals surface area contributed by atoms with Gasteiger partial charge in [0.25, 0.3) is 0 Å². The summed E-state index contributed by atoms with van der Waals surface area (Å²) in [4.78, 5) is 10.6. The summed E-state index contributed by atoms with van der Waals surface area (Å²) in [6.07, 6.45) is 4.87. The van der Waals surface area contributed by atoms with Crippen molar-refractivity contribution < 1.29 is 4.79 Å². The van der Waals surface area contributed by atoms with E-state index in [4.69, 9.17) is 12.2 Å². The molecule has 0 spiro atoms. The Morgan fingerprint density at radius 3 is 2.73 bits per heavy atom. The molecule has 6 heteroatoms. The molecule has 0 radical (unpaired) electrons. The maximum atomic E-state index is 10.6. The fourth-order valence-electron chi connectivity index (χ4n) is 0.294. The highest BCUT2D eigenvalue weighted by molar-refractivity contribution is 7.80. The summed E-state index contributed by atoms with van der Waals surface area (Å²) >= 11 is 4.41. The number of carbonyl (C=O) groups excluding carboxylic acids is 1. The molecule has 0 aromatic rings. The van der Waals surface area contributed by atoms with Crippen LogP contribution in [0.5, 0.6) is 0 Å². The zero-order chi connectivity index (χ0) is 8.69. The van der Waals surface area contributed by atoms with Gasteiger partial charge >= 0.3 is 6.03 Å². The van der Waals surface area contributed by atoms with Gasteiger partial charge in [-0.2, -0.15) is 0 Å². The first-order valence-corrected chi connectivity index (χ1v) is 3.10. The number of thiocarbonyl (C=S) groups is 1. The number of terminal acetylenes is 1. The average molecular weight is 172 g/mol. The number of nitrogens with one attached hydrogen (secondary N) is 3. The molecule has 0 heterocycles. The molecule has 0 aliphatic rings. The van der Waals surface area contributed by atoms with Gasteiger partial charge in [0, 0.05) is 0 Å². The number of nitrogens with two attached hydrogens (primary N) is 1. The zero-order valence-electron chi connectivity index (χ0n) is 5.68. The van der Waals surface area contributed by atoms with Gasteiger partial charge in [-0.05, 0) is 12.2 Å². The van der Waals surface area contributed by atoms with Gasteiger partial charge in [-0.1, -0.05) is 5.92 Å². The van der Waals surface area contributed by atoms with E-state index in [1.165, 1.54) is 0 Å². The molecule has 11 heavy (non-hydrogen) atoms. The van der Waals surface area contributed by atoms with E-state index < -0.39 is 6.03 Å². The van der Waals surface area contributed by atoms with Gasteiger partial charge in [-0.3, -0.25) is 5.43 Å². The number of hydrazine groups is 1. The van der Waals surface area contributed by atoms with Crippen LogP contribution in [0.4, 0.5) is 4.79 Å². The van der Waals surface area contributed by atoms with Crippen LogP contribution in [0.15, 0.2) is 0 Å². The van der Waals surface area contributed by atoms with Crippen molar-refractivity contribution in [2.45, 2.75) is 0 Å². The smallest absolute Gasteiger partial charge is 0.334 e. The summed E-state index contributed by atoms with van der Waals surface area (Å²) in [7, 11) is 0. The van der Waals surface area contributed by atoms with Gasteiger partial charge < -0.3 is 11.1 Å². The van der Waals surface area contributed by atoms with Crippen molar-refractivity contribution >= 4 is 23.4 Å². The van der Waals surface area contributed by atoms with E-state index >= 15 is 0 Å². The number of hydrogen-bond acceptors (Lipinski definition) is 2. The third-order valence-corrected chi connectivity index (χ3v) is 0.752. The molecule has 2 amide bonds. The maximum Gasteiger partial charge on any atom is 0.334 e. The Morgan fingerprint density at radius 2 is 2.27 bits per heavy atom. The molecule has 0 atom stereocenters. The lowest BCUT2D eigenvalue weighted by Crippen LogP contribution is -2.48. The lowest BCUT2D eigenvalue weighted by molar-refractivity contribution is 0.240. The monoisotopic (exact) mass is 172 g/mol. The minimum atomic E-state index is -0.476. The van der Waals surface area contributed by atoms with Crippen molar-refractivity contribution in [2.75, 3.05) is 6.54 Å². The minimum Gasteiger partial charge on any atom is -0.375 e. The second kappa shape index (κ2) is 5.32. The highest BCUT2D eigenvalue weighted by Gasteiger charge is 1.94. The topological polar surface area (TPSA) is 79.2 Å². The molecule has 0 saturated heterocycles. The summed E-state index contributed by atoms with van der Waals surface area (Å²) in [5.41, 5.74) is 9.39. The number of rotatable bonds is 1. The molecular formula is C5H8N4OS. The molecule has 5 N–H and O–H groups in total. The van der Waals surface area contributed by atoms with Crippen molar-refractivity contribution in [3.05, 3.63) is 0 Å². The van der Waals surface area contributed by atoms with E-state index in [2.05, 4.69) is 34.3 Å². The molecule has 0 unspecified atom stereocenters. The SMILES string of the molecule is C#CCNC(=O)NNC(N)=S. The second-order valence-electron chi connectivity index (χ2n) is 1.50. The minimum absolute atomic E-state index is 0.0131. The molecule has 0 saturated carbocycles. The Labute approximate surface area is 69.7 Å². The highest BCUT2D eigenvalue weighted by Crippen LogP contribution is 1.59. The normalized spacial score (nSPS) is 7.55. The molecule has 0 aromatic carbocycles. The third kappa shape index (κ3) is 6.40. The van der Waals surface area contributed by atoms with Crippen LogP contribution in [0.3, 0.4) is 0 Å². The van der Waals surface area contributed by atoms with Gasteiger partial charge in [-0.25, -0.2) is 10.2 Å². The van der Waals surface area contributed by atoms with Crippen LogP contribution >= 0.6 is 12.2 Å². The Kier molecular flexibility index (Phi) is 4.60. The third-order valence-electron chi connectivity index (χ3n) is 0.650. The Hall–Kier alpha value is -1.48. The first-order valence-electron chi connectivity index (χ1n) is 2.69. The van der Waals surface area contributed by atoms with E-state index in [1.54, 1.807) is 0 Å². The molecule has 0 fully saturated rings. The first kappa shape index (κ1) is 9.52. The standard InChI is InChI=1S/C5H8N4OS/c1-2-3-7-5(10)9-8-4(6)11/h1H,3H2,(H3,6,8,11)(H2,7,9,10). The fourth-order valence-corrected chi connectivity index (χ4v) is 0.345. The molecular weight excluding hydrogens is 164 g/mol. The Bertz CT molecular complexity index is 197. The van der Waals surface area contributed by atoms with Gasteiger partial charge in [-0.15, -0.1) is 6.42 Å². The van der Waals surface area contributed by atoms with Gasteiger partial charge in [0.2, 0.25) is 0 Å². The molecule has 0 aliphatic heterocycles. The van der Waals surface area contributed by atoms with Crippen molar-refractivity contribution in [1.82, 2.24) is 16.2 Å². The first-order chi connectivity index (χ1) is 5.16. The van der Waals surface area contributed by atoms with Gasteiger partial charge in [0.1, 0.15) is 0 Å². The van der Waals surface area contributed by atoms with E-state index in [-0.39, 0.29) is 11.7 Å². The molecule has 0 rings (SSSR count). The highest BCUT2D eigenvalue weighted by atomic mass is 32.1. The molecule has 0 aromatic heterocycles. The average Bonchev–Trinajstić information content (AvgIpc) is 1.97. The zero-order valence-corrected chi connectivity index (χ0v) is 6.49. The molecule has 0 aliphatic carbocycles. The van der Waals surface area contributed by atoms with E-state index in [0.717, 1.165) is 0 Å². The lowest BCUT2D eigenvalue weighted by atomic mass is 10.7. The number of amides is 2.